The van der Waals surface area contributed by atoms with Crippen LogP contribution in [0, 0.1) is 5.92 Å². The smallest absolute Gasteiger partial charge is 0.255 e. The molecule has 0 saturated heterocycles. The molecule has 0 aliphatic carbocycles. The Balaban J connectivity index is 1.53. The number of carbonyl (C=O) groups is 1. The summed E-state index contributed by atoms with van der Waals surface area (Å²) in [4.78, 5) is 17.4. The molecule has 1 aromatic heterocycles. The first-order valence-electron chi connectivity index (χ1n) is 10.9. The van der Waals surface area contributed by atoms with Crippen LogP contribution in [0.5, 0.6) is 5.75 Å². The number of fused-ring (bicyclic) bond motifs is 1. The summed E-state index contributed by atoms with van der Waals surface area (Å²) in [6.07, 6.45) is 0. The number of anilines is 1. The zero-order chi connectivity index (χ0) is 22.7. The number of carbonyl (C=O) groups excluding carboxylic acids is 1. The third kappa shape index (κ3) is 4.99. The predicted octanol–water partition coefficient (Wildman–Crippen LogP) is 6.91. The maximum Gasteiger partial charge on any atom is 0.255 e. The third-order valence-corrected chi connectivity index (χ3v) is 5.13. The van der Waals surface area contributed by atoms with Gasteiger partial charge in [0.2, 0.25) is 5.89 Å². The Hall–Kier alpha value is -3.60. The maximum absolute atomic E-state index is 12.8. The first-order valence-corrected chi connectivity index (χ1v) is 10.9. The summed E-state index contributed by atoms with van der Waals surface area (Å²) in [5.74, 6) is 1.86. The molecule has 0 spiro atoms. The topological polar surface area (TPSA) is 64.4 Å². The fraction of sp³-hybridized carbons (Fsp3) is 0.259. The van der Waals surface area contributed by atoms with Crippen LogP contribution < -0.4 is 10.1 Å². The predicted molar refractivity (Wildman–Crippen MR) is 128 cm³/mol. The number of oxazole rings is 1. The average Bonchev–Trinajstić information content (AvgIpc) is 3.21. The van der Waals surface area contributed by atoms with Gasteiger partial charge in [0.25, 0.3) is 5.91 Å². The molecule has 4 rings (SSSR count). The summed E-state index contributed by atoms with van der Waals surface area (Å²) in [7, 11) is 0. The van der Waals surface area contributed by atoms with Crippen molar-refractivity contribution < 1.29 is 13.9 Å². The summed E-state index contributed by atoms with van der Waals surface area (Å²) in [5.41, 5.74) is 4.82. The van der Waals surface area contributed by atoms with Gasteiger partial charge in [-0.25, -0.2) is 4.98 Å². The molecule has 0 saturated carbocycles. The standard InChI is InChI=1S/C27H28N2O3/c1-17(2)16-31-23-10-6-7-20(14-23)26(30)28-22-9-5-8-21(13-22)27-29-24-15-19(18(3)4)11-12-25(24)32-27/h5-15,17-18H,16H2,1-4H3,(H,28,30). The third-order valence-electron chi connectivity index (χ3n) is 5.13. The van der Waals surface area contributed by atoms with E-state index in [1.165, 1.54) is 5.56 Å². The van der Waals surface area contributed by atoms with E-state index in [0.717, 1.165) is 16.7 Å². The second kappa shape index (κ2) is 9.27. The van der Waals surface area contributed by atoms with Crippen molar-refractivity contribution in [2.24, 2.45) is 5.92 Å². The van der Waals surface area contributed by atoms with Gasteiger partial charge in [-0.3, -0.25) is 4.79 Å². The first kappa shape index (κ1) is 21.6. The van der Waals surface area contributed by atoms with Crippen molar-refractivity contribution in [3.63, 3.8) is 0 Å². The maximum atomic E-state index is 12.8. The number of hydrogen-bond donors (Lipinski definition) is 1. The zero-order valence-electron chi connectivity index (χ0n) is 18.9. The lowest BCUT2D eigenvalue weighted by molar-refractivity contribution is 0.102. The van der Waals surface area contributed by atoms with Crippen LogP contribution in [0.2, 0.25) is 0 Å². The molecule has 0 aliphatic heterocycles. The van der Waals surface area contributed by atoms with E-state index in [2.05, 4.69) is 50.1 Å². The monoisotopic (exact) mass is 428 g/mol. The molecular weight excluding hydrogens is 400 g/mol. The van der Waals surface area contributed by atoms with E-state index in [4.69, 9.17) is 9.15 Å². The zero-order valence-corrected chi connectivity index (χ0v) is 18.9. The van der Waals surface area contributed by atoms with Gasteiger partial charge in [-0.1, -0.05) is 45.9 Å². The molecule has 0 fully saturated rings. The van der Waals surface area contributed by atoms with Crippen LogP contribution in [0.4, 0.5) is 5.69 Å². The van der Waals surface area contributed by atoms with Crippen molar-refractivity contribution >= 4 is 22.7 Å². The van der Waals surface area contributed by atoms with Gasteiger partial charge in [0.15, 0.2) is 5.58 Å². The van der Waals surface area contributed by atoms with Crippen molar-refractivity contribution in [3.8, 4) is 17.2 Å². The van der Waals surface area contributed by atoms with Crippen LogP contribution in [0.25, 0.3) is 22.6 Å². The summed E-state index contributed by atoms with van der Waals surface area (Å²) in [5, 5.41) is 2.95. The summed E-state index contributed by atoms with van der Waals surface area (Å²) < 4.78 is 11.7. The molecule has 1 heterocycles. The van der Waals surface area contributed by atoms with Gasteiger partial charge in [0.1, 0.15) is 11.3 Å². The fourth-order valence-corrected chi connectivity index (χ4v) is 3.35. The fourth-order valence-electron chi connectivity index (χ4n) is 3.35. The number of benzene rings is 3. The van der Waals surface area contributed by atoms with Crippen molar-refractivity contribution in [2.45, 2.75) is 33.6 Å². The van der Waals surface area contributed by atoms with E-state index in [1.807, 2.05) is 42.5 Å². The molecule has 4 aromatic rings. The molecular formula is C27H28N2O3. The number of nitrogens with zero attached hydrogens (tertiary/aromatic N) is 1. The largest absolute Gasteiger partial charge is 0.493 e. The molecule has 0 radical (unpaired) electrons. The van der Waals surface area contributed by atoms with Crippen LogP contribution in [0.1, 0.15) is 49.5 Å². The van der Waals surface area contributed by atoms with Gasteiger partial charge in [-0.05, 0) is 65.9 Å². The lowest BCUT2D eigenvalue weighted by Crippen LogP contribution is -2.12. The normalized spacial score (nSPS) is 11.3. The van der Waals surface area contributed by atoms with Crippen LogP contribution in [-0.4, -0.2) is 17.5 Å². The van der Waals surface area contributed by atoms with E-state index in [0.29, 0.717) is 41.3 Å². The Bertz CT molecular complexity index is 1240. The molecule has 0 atom stereocenters. The summed E-state index contributed by atoms with van der Waals surface area (Å²) in [6, 6.07) is 20.8. The van der Waals surface area contributed by atoms with Gasteiger partial charge in [0.05, 0.1) is 6.61 Å². The minimum Gasteiger partial charge on any atom is -0.493 e. The Morgan fingerprint density at radius 2 is 1.81 bits per heavy atom. The first-order chi connectivity index (χ1) is 15.4. The molecule has 3 aromatic carbocycles. The van der Waals surface area contributed by atoms with E-state index < -0.39 is 0 Å². The molecule has 1 amide bonds. The van der Waals surface area contributed by atoms with Crippen molar-refractivity contribution in [1.29, 1.82) is 0 Å². The lowest BCUT2D eigenvalue weighted by atomic mass is 10.0. The molecule has 0 unspecified atom stereocenters. The number of nitrogens with one attached hydrogen (secondary N) is 1. The summed E-state index contributed by atoms with van der Waals surface area (Å²) >= 11 is 0. The highest BCUT2D eigenvalue weighted by atomic mass is 16.5. The highest BCUT2D eigenvalue weighted by Crippen LogP contribution is 2.28. The van der Waals surface area contributed by atoms with Crippen molar-refractivity contribution in [1.82, 2.24) is 4.98 Å². The van der Waals surface area contributed by atoms with Crippen molar-refractivity contribution in [2.75, 3.05) is 11.9 Å². The quantitative estimate of drug-likeness (QED) is 0.347. The molecule has 5 heteroatoms. The highest BCUT2D eigenvalue weighted by molar-refractivity contribution is 6.04. The van der Waals surface area contributed by atoms with Gasteiger partial charge in [-0.2, -0.15) is 0 Å². The molecule has 32 heavy (non-hydrogen) atoms. The van der Waals surface area contributed by atoms with Gasteiger partial charge in [0, 0.05) is 16.8 Å². The molecule has 1 N–H and O–H groups in total. The second-order valence-corrected chi connectivity index (χ2v) is 8.67. The van der Waals surface area contributed by atoms with E-state index in [9.17, 15) is 4.79 Å². The molecule has 0 bridgehead atoms. The SMILES string of the molecule is CC(C)COc1cccc(C(=O)Nc2cccc(-c3nc4cc(C(C)C)ccc4o3)c2)c1. The van der Waals surface area contributed by atoms with Crippen LogP contribution in [-0.2, 0) is 0 Å². The van der Waals surface area contributed by atoms with Crippen LogP contribution in [0.15, 0.2) is 71.1 Å². The van der Waals surface area contributed by atoms with E-state index in [1.54, 1.807) is 12.1 Å². The van der Waals surface area contributed by atoms with E-state index in [-0.39, 0.29) is 5.91 Å². The Morgan fingerprint density at radius 3 is 2.59 bits per heavy atom. The van der Waals surface area contributed by atoms with Crippen LogP contribution in [0.3, 0.4) is 0 Å². The molecule has 0 aliphatic rings. The lowest BCUT2D eigenvalue weighted by Gasteiger charge is -2.10. The second-order valence-electron chi connectivity index (χ2n) is 8.67. The van der Waals surface area contributed by atoms with E-state index >= 15 is 0 Å². The number of aromatic nitrogens is 1. The minimum atomic E-state index is -0.198. The Morgan fingerprint density at radius 1 is 1.00 bits per heavy atom. The summed E-state index contributed by atoms with van der Waals surface area (Å²) in [6.45, 7) is 9.09. The average molecular weight is 429 g/mol. The highest BCUT2D eigenvalue weighted by Gasteiger charge is 2.12. The van der Waals surface area contributed by atoms with Gasteiger partial charge in [-0.15, -0.1) is 0 Å². The Labute approximate surface area is 188 Å². The van der Waals surface area contributed by atoms with Gasteiger partial charge < -0.3 is 14.5 Å². The molecule has 164 valence electrons. The van der Waals surface area contributed by atoms with Crippen LogP contribution >= 0.6 is 0 Å². The number of hydrogen-bond acceptors (Lipinski definition) is 4. The van der Waals surface area contributed by atoms with Gasteiger partial charge >= 0.3 is 0 Å². The molecule has 5 nitrogen and oxygen atoms in total. The minimum absolute atomic E-state index is 0.198. The number of amides is 1. The number of ether oxygens (including phenoxy) is 1. The number of rotatable bonds is 7. The Kier molecular flexibility index (Phi) is 6.26. The van der Waals surface area contributed by atoms with Crippen molar-refractivity contribution in [3.05, 3.63) is 77.9 Å².